The van der Waals surface area contributed by atoms with E-state index in [0.717, 1.165) is 30.4 Å². The summed E-state index contributed by atoms with van der Waals surface area (Å²) in [4.78, 5) is 8.42. The summed E-state index contributed by atoms with van der Waals surface area (Å²) in [5.41, 5.74) is 7.32. The van der Waals surface area contributed by atoms with Crippen LogP contribution in [0.2, 0.25) is 0 Å². The first-order valence-corrected chi connectivity index (χ1v) is 8.52. The van der Waals surface area contributed by atoms with Crippen LogP contribution in [0.5, 0.6) is 0 Å². The first kappa shape index (κ1) is 13.9. The van der Waals surface area contributed by atoms with Gasteiger partial charge in [0.25, 0.3) is 0 Å². The van der Waals surface area contributed by atoms with E-state index in [4.69, 9.17) is 10.7 Å². The standard InChI is InChI=1S/C15H24N4S/c1-3-4-12-5-6-18(10-12)14-13(9-11(2)16)19-7-8-20-15(19)17-14/h7-8,11-12H,3-6,9-10,16H2,1-2H3. The number of nitrogens with zero attached hydrogens (tertiary/aromatic N) is 3. The second kappa shape index (κ2) is 5.74. The second-order valence-corrected chi connectivity index (χ2v) is 6.88. The van der Waals surface area contributed by atoms with Gasteiger partial charge in [-0.3, -0.25) is 4.40 Å². The summed E-state index contributed by atoms with van der Waals surface area (Å²) in [6.07, 6.45) is 6.93. The van der Waals surface area contributed by atoms with Gasteiger partial charge in [0.05, 0.1) is 5.69 Å². The van der Waals surface area contributed by atoms with Gasteiger partial charge in [-0.25, -0.2) is 4.98 Å². The highest BCUT2D eigenvalue weighted by Crippen LogP contribution is 2.31. The Morgan fingerprint density at radius 2 is 2.40 bits per heavy atom. The van der Waals surface area contributed by atoms with Crippen molar-refractivity contribution in [3.63, 3.8) is 0 Å². The first-order chi connectivity index (χ1) is 9.69. The molecule has 0 aliphatic carbocycles. The molecule has 0 spiro atoms. The average molecular weight is 292 g/mol. The largest absolute Gasteiger partial charge is 0.355 e. The first-order valence-electron chi connectivity index (χ1n) is 7.64. The van der Waals surface area contributed by atoms with Crippen molar-refractivity contribution in [3.8, 4) is 0 Å². The summed E-state index contributed by atoms with van der Waals surface area (Å²) < 4.78 is 2.22. The fraction of sp³-hybridized carbons (Fsp3) is 0.667. The highest BCUT2D eigenvalue weighted by molar-refractivity contribution is 7.15. The number of anilines is 1. The molecule has 5 heteroatoms. The molecule has 110 valence electrons. The van der Waals surface area contributed by atoms with Crippen molar-refractivity contribution in [2.45, 2.75) is 45.6 Å². The Labute approximate surface area is 124 Å². The number of aromatic nitrogens is 2. The van der Waals surface area contributed by atoms with Crippen molar-refractivity contribution in [2.24, 2.45) is 11.7 Å². The van der Waals surface area contributed by atoms with Crippen LogP contribution in [-0.4, -0.2) is 28.5 Å². The molecule has 2 aromatic heterocycles. The molecule has 0 bridgehead atoms. The molecule has 0 radical (unpaired) electrons. The molecule has 2 N–H and O–H groups in total. The van der Waals surface area contributed by atoms with E-state index in [-0.39, 0.29) is 6.04 Å². The van der Waals surface area contributed by atoms with Gasteiger partial charge in [0.1, 0.15) is 0 Å². The van der Waals surface area contributed by atoms with E-state index in [1.807, 2.05) is 0 Å². The van der Waals surface area contributed by atoms with Crippen LogP contribution in [-0.2, 0) is 6.42 Å². The lowest BCUT2D eigenvalue weighted by molar-refractivity contribution is 0.529. The van der Waals surface area contributed by atoms with Crippen molar-refractivity contribution in [1.29, 1.82) is 0 Å². The minimum atomic E-state index is 0.169. The third-order valence-electron chi connectivity index (χ3n) is 4.14. The monoisotopic (exact) mass is 292 g/mol. The van der Waals surface area contributed by atoms with Gasteiger partial charge < -0.3 is 10.6 Å². The Kier molecular flexibility index (Phi) is 3.98. The highest BCUT2D eigenvalue weighted by atomic mass is 32.1. The lowest BCUT2D eigenvalue weighted by atomic mass is 10.0. The van der Waals surface area contributed by atoms with Crippen molar-refractivity contribution < 1.29 is 0 Å². The molecule has 1 fully saturated rings. The van der Waals surface area contributed by atoms with Crippen LogP contribution in [0.4, 0.5) is 5.82 Å². The van der Waals surface area contributed by atoms with E-state index in [1.54, 1.807) is 11.3 Å². The lowest BCUT2D eigenvalue weighted by Crippen LogP contribution is -2.24. The van der Waals surface area contributed by atoms with Gasteiger partial charge in [0.15, 0.2) is 10.8 Å². The number of rotatable bonds is 5. The van der Waals surface area contributed by atoms with E-state index < -0.39 is 0 Å². The predicted molar refractivity (Wildman–Crippen MR) is 85.7 cm³/mol. The van der Waals surface area contributed by atoms with Gasteiger partial charge in [0, 0.05) is 37.1 Å². The number of imidazole rings is 1. The molecule has 2 unspecified atom stereocenters. The second-order valence-electron chi connectivity index (χ2n) is 6.01. The smallest absolute Gasteiger partial charge is 0.195 e. The van der Waals surface area contributed by atoms with Crippen molar-refractivity contribution in [1.82, 2.24) is 9.38 Å². The minimum absolute atomic E-state index is 0.169. The van der Waals surface area contributed by atoms with E-state index >= 15 is 0 Å². The van der Waals surface area contributed by atoms with Crippen LogP contribution in [0, 0.1) is 5.92 Å². The molecule has 3 rings (SSSR count). The predicted octanol–water partition coefficient (Wildman–Crippen LogP) is 2.91. The van der Waals surface area contributed by atoms with Crippen LogP contribution in [0.25, 0.3) is 4.96 Å². The fourth-order valence-electron chi connectivity index (χ4n) is 3.24. The van der Waals surface area contributed by atoms with E-state index in [2.05, 4.69) is 34.7 Å². The van der Waals surface area contributed by atoms with Gasteiger partial charge in [-0.15, -0.1) is 11.3 Å². The third kappa shape index (κ3) is 2.56. The molecule has 0 aromatic carbocycles. The zero-order valence-electron chi connectivity index (χ0n) is 12.4. The summed E-state index contributed by atoms with van der Waals surface area (Å²) in [7, 11) is 0. The molecular weight excluding hydrogens is 268 g/mol. The molecule has 1 saturated heterocycles. The topological polar surface area (TPSA) is 46.6 Å². The summed E-state index contributed by atoms with van der Waals surface area (Å²) in [6.45, 7) is 6.64. The van der Waals surface area contributed by atoms with Gasteiger partial charge >= 0.3 is 0 Å². The van der Waals surface area contributed by atoms with Crippen LogP contribution in [0.1, 0.15) is 38.8 Å². The SMILES string of the molecule is CCCC1CCN(c2nc3sccn3c2CC(C)N)C1. The average Bonchev–Trinajstić information content (AvgIpc) is 3.06. The van der Waals surface area contributed by atoms with Crippen LogP contribution in [0.3, 0.4) is 0 Å². The van der Waals surface area contributed by atoms with Gasteiger partial charge in [0.2, 0.25) is 0 Å². The van der Waals surface area contributed by atoms with Gasteiger partial charge in [-0.2, -0.15) is 0 Å². The molecule has 3 heterocycles. The zero-order valence-corrected chi connectivity index (χ0v) is 13.2. The molecule has 1 aliphatic heterocycles. The quantitative estimate of drug-likeness (QED) is 0.921. The summed E-state index contributed by atoms with van der Waals surface area (Å²) in [5.74, 6) is 2.01. The Hall–Kier alpha value is -1.07. The fourth-order valence-corrected chi connectivity index (χ4v) is 3.97. The molecule has 1 aliphatic rings. The molecule has 0 amide bonds. The number of thiazole rings is 1. The maximum absolute atomic E-state index is 6.03. The number of hydrogen-bond donors (Lipinski definition) is 1. The molecule has 0 saturated carbocycles. The Balaban J connectivity index is 1.88. The number of nitrogens with two attached hydrogens (primary N) is 1. The molecule has 20 heavy (non-hydrogen) atoms. The molecular formula is C15H24N4S. The summed E-state index contributed by atoms with van der Waals surface area (Å²) >= 11 is 1.70. The summed E-state index contributed by atoms with van der Waals surface area (Å²) in [6, 6.07) is 0.169. The third-order valence-corrected chi connectivity index (χ3v) is 4.89. The number of hydrogen-bond acceptors (Lipinski definition) is 4. The van der Waals surface area contributed by atoms with Crippen LogP contribution < -0.4 is 10.6 Å². The molecule has 2 atom stereocenters. The Bertz CT molecular complexity index is 571. The van der Waals surface area contributed by atoms with Gasteiger partial charge in [-0.05, 0) is 25.7 Å². The molecule has 2 aromatic rings. The number of fused-ring (bicyclic) bond motifs is 1. The Morgan fingerprint density at radius 3 is 3.15 bits per heavy atom. The zero-order chi connectivity index (χ0) is 14.1. The lowest BCUT2D eigenvalue weighted by Gasteiger charge is -2.18. The highest BCUT2D eigenvalue weighted by Gasteiger charge is 2.27. The van der Waals surface area contributed by atoms with Gasteiger partial charge in [-0.1, -0.05) is 13.3 Å². The summed E-state index contributed by atoms with van der Waals surface area (Å²) in [5, 5.41) is 2.10. The van der Waals surface area contributed by atoms with Crippen LogP contribution in [0.15, 0.2) is 11.6 Å². The van der Waals surface area contributed by atoms with Crippen LogP contribution >= 0.6 is 11.3 Å². The molecule has 4 nitrogen and oxygen atoms in total. The van der Waals surface area contributed by atoms with E-state index in [1.165, 1.54) is 30.8 Å². The minimum Gasteiger partial charge on any atom is -0.355 e. The van der Waals surface area contributed by atoms with E-state index in [9.17, 15) is 0 Å². The normalized spacial score (nSPS) is 20.9. The van der Waals surface area contributed by atoms with Crippen molar-refractivity contribution in [3.05, 3.63) is 17.3 Å². The Morgan fingerprint density at radius 1 is 1.55 bits per heavy atom. The maximum atomic E-state index is 6.03. The maximum Gasteiger partial charge on any atom is 0.195 e. The van der Waals surface area contributed by atoms with Crippen molar-refractivity contribution in [2.75, 3.05) is 18.0 Å². The van der Waals surface area contributed by atoms with E-state index in [0.29, 0.717) is 0 Å². The van der Waals surface area contributed by atoms with Crippen molar-refractivity contribution >= 4 is 22.1 Å².